The van der Waals surface area contributed by atoms with Crippen LogP contribution in [0.3, 0.4) is 0 Å². The summed E-state index contributed by atoms with van der Waals surface area (Å²) >= 11 is 0. The third-order valence-corrected chi connectivity index (χ3v) is 3.45. The molecule has 0 aliphatic carbocycles. The number of hydrogen-bond donors (Lipinski definition) is 0. The van der Waals surface area contributed by atoms with Crippen LogP contribution in [-0.2, 0) is 9.47 Å². The van der Waals surface area contributed by atoms with Gasteiger partial charge in [-0.3, -0.25) is 4.90 Å². The zero-order valence-corrected chi connectivity index (χ0v) is 12.7. The van der Waals surface area contributed by atoms with Crippen molar-refractivity contribution < 1.29 is 19.0 Å². The fraction of sp³-hybridized carbons (Fsp3) is 0.533. The van der Waals surface area contributed by atoms with E-state index in [0.29, 0.717) is 31.9 Å². The van der Waals surface area contributed by atoms with Crippen molar-refractivity contribution in [3.63, 3.8) is 0 Å². The van der Waals surface area contributed by atoms with E-state index in [-0.39, 0.29) is 12.1 Å². The SMILES string of the molecule is COC(c1ccc(OCCC(C)N=O)cc1)N1CCOC1=O. The van der Waals surface area contributed by atoms with E-state index in [1.807, 2.05) is 24.3 Å². The van der Waals surface area contributed by atoms with Gasteiger partial charge in [-0.15, -0.1) is 0 Å². The summed E-state index contributed by atoms with van der Waals surface area (Å²) in [6.45, 7) is 3.06. The Hall–Kier alpha value is -2.15. The van der Waals surface area contributed by atoms with E-state index >= 15 is 0 Å². The molecule has 0 aromatic heterocycles. The average Bonchev–Trinajstić information content (AvgIpc) is 2.95. The van der Waals surface area contributed by atoms with E-state index in [2.05, 4.69) is 5.18 Å². The second kappa shape index (κ2) is 7.74. The van der Waals surface area contributed by atoms with Gasteiger partial charge in [-0.2, -0.15) is 4.91 Å². The molecule has 2 rings (SSSR count). The van der Waals surface area contributed by atoms with E-state index in [4.69, 9.17) is 14.2 Å². The van der Waals surface area contributed by atoms with Gasteiger partial charge in [-0.1, -0.05) is 17.3 Å². The number of carbonyl (C=O) groups excluding carboxylic acids is 1. The van der Waals surface area contributed by atoms with E-state index in [1.165, 1.54) is 4.90 Å². The molecule has 1 heterocycles. The van der Waals surface area contributed by atoms with Gasteiger partial charge in [0.15, 0.2) is 6.23 Å². The number of rotatable bonds is 8. The fourth-order valence-electron chi connectivity index (χ4n) is 2.19. The van der Waals surface area contributed by atoms with E-state index < -0.39 is 6.23 Å². The number of nitroso groups, excluding NO2 is 1. The second-order valence-electron chi connectivity index (χ2n) is 5.06. The van der Waals surface area contributed by atoms with Crippen molar-refractivity contribution >= 4 is 6.09 Å². The van der Waals surface area contributed by atoms with Crippen LogP contribution in [0.1, 0.15) is 25.1 Å². The van der Waals surface area contributed by atoms with Crippen molar-refractivity contribution in [1.29, 1.82) is 0 Å². The zero-order valence-electron chi connectivity index (χ0n) is 12.7. The van der Waals surface area contributed by atoms with Crippen LogP contribution in [0.25, 0.3) is 0 Å². The summed E-state index contributed by atoms with van der Waals surface area (Å²) < 4.78 is 15.9. The molecule has 22 heavy (non-hydrogen) atoms. The van der Waals surface area contributed by atoms with Gasteiger partial charge in [-0.05, 0) is 19.1 Å². The standard InChI is InChI=1S/C15H20N2O5/c1-11(16-19)7-9-21-13-5-3-12(4-6-13)14(20-2)17-8-10-22-15(17)18/h3-6,11,14H,7-10H2,1-2H3. The van der Waals surface area contributed by atoms with Gasteiger partial charge in [-0.25, -0.2) is 4.79 Å². The highest BCUT2D eigenvalue weighted by Gasteiger charge is 2.30. The maximum Gasteiger partial charge on any atom is 0.412 e. The van der Waals surface area contributed by atoms with Crippen LogP contribution >= 0.6 is 0 Å². The van der Waals surface area contributed by atoms with Crippen molar-refractivity contribution in [3.8, 4) is 5.75 Å². The van der Waals surface area contributed by atoms with E-state index in [9.17, 15) is 9.70 Å². The number of carbonyl (C=O) groups is 1. The van der Waals surface area contributed by atoms with Crippen molar-refractivity contribution in [2.75, 3.05) is 26.9 Å². The predicted molar refractivity (Wildman–Crippen MR) is 79.6 cm³/mol. The van der Waals surface area contributed by atoms with Crippen LogP contribution in [0.2, 0.25) is 0 Å². The van der Waals surface area contributed by atoms with Crippen LogP contribution in [-0.4, -0.2) is 43.9 Å². The number of nitrogens with zero attached hydrogens (tertiary/aromatic N) is 2. The Morgan fingerprint density at radius 1 is 1.36 bits per heavy atom. The fourth-order valence-corrected chi connectivity index (χ4v) is 2.19. The van der Waals surface area contributed by atoms with Crippen LogP contribution in [0.5, 0.6) is 5.75 Å². The molecule has 2 unspecified atom stereocenters. The van der Waals surface area contributed by atoms with Crippen molar-refractivity contribution in [2.24, 2.45) is 5.18 Å². The van der Waals surface area contributed by atoms with Crippen molar-refractivity contribution in [1.82, 2.24) is 4.90 Å². The molecule has 7 nitrogen and oxygen atoms in total. The summed E-state index contributed by atoms with van der Waals surface area (Å²) in [5, 5.41) is 2.92. The lowest BCUT2D eigenvalue weighted by Gasteiger charge is -2.24. The smallest absolute Gasteiger partial charge is 0.412 e. The van der Waals surface area contributed by atoms with Crippen molar-refractivity contribution in [2.45, 2.75) is 25.6 Å². The molecule has 0 spiro atoms. The second-order valence-corrected chi connectivity index (χ2v) is 5.06. The summed E-state index contributed by atoms with van der Waals surface area (Å²) in [7, 11) is 1.55. The lowest BCUT2D eigenvalue weighted by molar-refractivity contribution is -0.00383. The summed E-state index contributed by atoms with van der Waals surface area (Å²) in [5.41, 5.74) is 0.844. The summed E-state index contributed by atoms with van der Waals surface area (Å²) in [5.74, 6) is 0.695. The highest BCUT2D eigenvalue weighted by molar-refractivity contribution is 5.69. The van der Waals surface area contributed by atoms with Gasteiger partial charge >= 0.3 is 6.09 Å². The van der Waals surface area contributed by atoms with Gasteiger partial charge in [0.2, 0.25) is 0 Å². The Bertz CT molecular complexity index is 505. The Morgan fingerprint density at radius 3 is 2.64 bits per heavy atom. The Kier molecular flexibility index (Phi) is 5.71. The maximum atomic E-state index is 11.6. The molecule has 0 saturated carbocycles. The summed E-state index contributed by atoms with van der Waals surface area (Å²) in [4.78, 5) is 23.4. The summed E-state index contributed by atoms with van der Waals surface area (Å²) in [6, 6.07) is 7.05. The first-order valence-corrected chi connectivity index (χ1v) is 7.17. The number of methoxy groups -OCH3 is 1. The number of benzene rings is 1. The molecule has 1 aromatic rings. The maximum absolute atomic E-state index is 11.6. The van der Waals surface area contributed by atoms with E-state index in [1.54, 1.807) is 14.0 Å². The number of amides is 1. The highest BCUT2D eigenvalue weighted by Crippen LogP contribution is 2.26. The topological polar surface area (TPSA) is 77.4 Å². The average molecular weight is 308 g/mol. The molecular formula is C15H20N2O5. The zero-order chi connectivity index (χ0) is 15.9. The Morgan fingerprint density at radius 2 is 2.09 bits per heavy atom. The molecule has 0 bridgehead atoms. The molecule has 1 saturated heterocycles. The molecule has 1 fully saturated rings. The third-order valence-electron chi connectivity index (χ3n) is 3.45. The largest absolute Gasteiger partial charge is 0.494 e. The number of ether oxygens (including phenoxy) is 3. The van der Waals surface area contributed by atoms with Gasteiger partial charge in [0.1, 0.15) is 12.4 Å². The molecule has 0 N–H and O–H groups in total. The molecule has 1 amide bonds. The van der Waals surface area contributed by atoms with Gasteiger partial charge in [0, 0.05) is 19.1 Å². The Balaban J connectivity index is 1.95. The normalized spacial score (nSPS) is 17.0. The minimum Gasteiger partial charge on any atom is -0.494 e. The lowest BCUT2D eigenvalue weighted by atomic mass is 10.1. The predicted octanol–water partition coefficient (Wildman–Crippen LogP) is 2.71. The quantitative estimate of drug-likeness (QED) is 0.690. The van der Waals surface area contributed by atoms with Crippen LogP contribution in [0, 0.1) is 4.91 Å². The Labute approximate surface area is 129 Å². The van der Waals surface area contributed by atoms with E-state index in [0.717, 1.165) is 5.56 Å². The first-order chi connectivity index (χ1) is 10.7. The molecule has 1 aromatic carbocycles. The van der Waals surface area contributed by atoms with Crippen LogP contribution < -0.4 is 4.74 Å². The number of hydrogen-bond acceptors (Lipinski definition) is 6. The minimum atomic E-state index is -0.469. The third kappa shape index (κ3) is 3.94. The van der Waals surface area contributed by atoms with Crippen LogP contribution in [0.15, 0.2) is 29.4 Å². The van der Waals surface area contributed by atoms with Crippen molar-refractivity contribution in [3.05, 3.63) is 34.7 Å². The minimum absolute atomic E-state index is 0.252. The molecule has 2 atom stereocenters. The number of cyclic esters (lactones) is 1. The molecule has 7 heteroatoms. The van der Waals surface area contributed by atoms with Gasteiger partial charge < -0.3 is 14.2 Å². The lowest BCUT2D eigenvalue weighted by Crippen LogP contribution is -2.30. The summed E-state index contributed by atoms with van der Waals surface area (Å²) in [6.07, 6.45) is -0.267. The van der Waals surface area contributed by atoms with Gasteiger partial charge in [0.25, 0.3) is 0 Å². The monoisotopic (exact) mass is 308 g/mol. The highest BCUT2D eigenvalue weighted by atomic mass is 16.6. The first kappa shape index (κ1) is 16.2. The molecule has 120 valence electrons. The van der Waals surface area contributed by atoms with Crippen LogP contribution in [0.4, 0.5) is 4.79 Å². The van der Waals surface area contributed by atoms with Gasteiger partial charge in [0.05, 0.1) is 19.2 Å². The molecule has 1 aliphatic rings. The molecule has 0 radical (unpaired) electrons. The first-order valence-electron chi connectivity index (χ1n) is 7.17. The molecular weight excluding hydrogens is 288 g/mol. The molecule has 1 aliphatic heterocycles.